The van der Waals surface area contributed by atoms with Gasteiger partial charge in [-0.05, 0) is 48.0 Å². The lowest BCUT2D eigenvalue weighted by molar-refractivity contribution is 0.104. The van der Waals surface area contributed by atoms with E-state index in [0.717, 1.165) is 5.56 Å². The number of benzene rings is 2. The summed E-state index contributed by atoms with van der Waals surface area (Å²) in [6.07, 6.45) is 3.17. The highest BCUT2D eigenvalue weighted by molar-refractivity contribution is 6.06. The van der Waals surface area contributed by atoms with Crippen LogP contribution in [0.2, 0.25) is 0 Å². The number of carbonyl (C=O) groups excluding carboxylic acids is 1. The van der Waals surface area contributed by atoms with Crippen LogP contribution in [0.5, 0.6) is 17.2 Å². The summed E-state index contributed by atoms with van der Waals surface area (Å²) in [7, 11) is 1.56. The Hall–Kier alpha value is -3.26. The Balaban J connectivity index is 1.83. The van der Waals surface area contributed by atoms with Gasteiger partial charge < -0.3 is 14.2 Å². The predicted octanol–water partition coefficient (Wildman–Crippen LogP) is 3.23. The Kier molecular flexibility index (Phi) is 4.48. The molecule has 0 aliphatic carbocycles. The van der Waals surface area contributed by atoms with Crippen LogP contribution in [-0.2, 0) is 0 Å². The number of allylic oxidation sites excluding steroid dienone is 1. The maximum Gasteiger partial charge on any atom is 0.203 e. The van der Waals surface area contributed by atoms with E-state index in [1.807, 2.05) is 6.07 Å². The molecule has 0 fully saturated rings. The third-order valence-electron chi connectivity index (χ3n) is 3.58. The molecule has 0 spiro atoms. The molecule has 24 heavy (non-hydrogen) atoms. The van der Waals surface area contributed by atoms with Crippen molar-refractivity contribution in [3.63, 3.8) is 0 Å². The quantitative estimate of drug-likeness (QED) is 0.639. The molecule has 0 atom stereocenters. The number of fused-ring (bicyclic) bond motifs is 1. The molecule has 5 nitrogen and oxygen atoms in total. The maximum atomic E-state index is 12.2. The molecule has 2 aromatic rings. The van der Waals surface area contributed by atoms with Crippen molar-refractivity contribution in [2.75, 3.05) is 20.3 Å². The van der Waals surface area contributed by atoms with Crippen LogP contribution in [0.15, 0.2) is 42.5 Å². The van der Waals surface area contributed by atoms with Crippen LogP contribution in [0.3, 0.4) is 0 Å². The minimum absolute atomic E-state index is 0.145. The molecule has 0 radical (unpaired) electrons. The topological polar surface area (TPSA) is 68.6 Å². The molecule has 0 bridgehead atoms. The van der Waals surface area contributed by atoms with Crippen LogP contribution in [0.25, 0.3) is 6.08 Å². The lowest BCUT2D eigenvalue weighted by Crippen LogP contribution is -2.16. The molecule has 5 heteroatoms. The van der Waals surface area contributed by atoms with Gasteiger partial charge in [0.15, 0.2) is 17.3 Å². The largest absolute Gasteiger partial charge is 0.493 e. The van der Waals surface area contributed by atoms with Crippen LogP contribution in [0, 0.1) is 11.3 Å². The second-order valence-corrected chi connectivity index (χ2v) is 5.13. The Morgan fingerprint density at radius 2 is 1.96 bits per heavy atom. The number of ketones is 1. The fourth-order valence-corrected chi connectivity index (χ4v) is 2.37. The summed E-state index contributed by atoms with van der Waals surface area (Å²) in [5, 5.41) is 8.78. The third-order valence-corrected chi connectivity index (χ3v) is 3.58. The van der Waals surface area contributed by atoms with Gasteiger partial charge in [-0.2, -0.15) is 5.26 Å². The molecule has 1 aliphatic rings. The van der Waals surface area contributed by atoms with Crippen LogP contribution in [0.4, 0.5) is 0 Å². The number of nitriles is 1. The Bertz CT molecular complexity index is 814. The molecular formula is C19H15NO4. The van der Waals surface area contributed by atoms with Gasteiger partial charge in [0.05, 0.1) is 18.7 Å². The van der Waals surface area contributed by atoms with Gasteiger partial charge in [0.1, 0.15) is 13.2 Å². The Morgan fingerprint density at radius 1 is 1.21 bits per heavy atom. The van der Waals surface area contributed by atoms with Gasteiger partial charge in [-0.3, -0.25) is 4.79 Å². The summed E-state index contributed by atoms with van der Waals surface area (Å²) in [5.41, 5.74) is 1.82. The highest BCUT2D eigenvalue weighted by Gasteiger charge is 2.17. The number of ether oxygens (including phenoxy) is 3. The number of methoxy groups -OCH3 is 1. The van der Waals surface area contributed by atoms with Crippen molar-refractivity contribution in [1.82, 2.24) is 0 Å². The van der Waals surface area contributed by atoms with E-state index in [4.69, 9.17) is 19.5 Å². The Morgan fingerprint density at radius 3 is 2.67 bits per heavy atom. The molecule has 0 saturated carbocycles. The molecule has 3 rings (SSSR count). The first-order chi connectivity index (χ1) is 11.7. The van der Waals surface area contributed by atoms with Gasteiger partial charge in [-0.1, -0.05) is 6.08 Å². The van der Waals surface area contributed by atoms with Crippen LogP contribution in [-0.4, -0.2) is 26.1 Å². The fourth-order valence-electron chi connectivity index (χ4n) is 2.37. The number of carbonyl (C=O) groups is 1. The molecule has 2 aromatic carbocycles. The summed E-state index contributed by atoms with van der Waals surface area (Å²) >= 11 is 0. The van der Waals surface area contributed by atoms with E-state index in [1.165, 1.54) is 6.08 Å². The van der Waals surface area contributed by atoms with E-state index in [0.29, 0.717) is 41.6 Å². The summed E-state index contributed by atoms with van der Waals surface area (Å²) in [6, 6.07) is 12.1. The van der Waals surface area contributed by atoms with Crippen molar-refractivity contribution in [1.29, 1.82) is 5.26 Å². The molecule has 0 unspecified atom stereocenters. The summed E-state index contributed by atoms with van der Waals surface area (Å²) in [4.78, 5) is 12.2. The molecule has 0 amide bonds. The normalized spacial score (nSPS) is 12.7. The van der Waals surface area contributed by atoms with Crippen molar-refractivity contribution in [2.45, 2.75) is 0 Å². The summed E-state index contributed by atoms with van der Waals surface area (Å²) in [5.74, 6) is 1.61. The SMILES string of the molecule is COc1cc(/C=C/C(=O)c2ccc(C#N)cc2)cc2c1OCCO2. The van der Waals surface area contributed by atoms with Crippen molar-refractivity contribution in [2.24, 2.45) is 0 Å². The van der Waals surface area contributed by atoms with E-state index < -0.39 is 0 Å². The highest BCUT2D eigenvalue weighted by Crippen LogP contribution is 2.40. The number of rotatable bonds is 4. The zero-order valence-electron chi connectivity index (χ0n) is 13.1. The smallest absolute Gasteiger partial charge is 0.203 e. The second kappa shape index (κ2) is 6.88. The monoisotopic (exact) mass is 321 g/mol. The van der Waals surface area contributed by atoms with Crippen molar-refractivity contribution in [3.8, 4) is 23.3 Å². The van der Waals surface area contributed by atoms with Crippen LogP contribution in [0.1, 0.15) is 21.5 Å². The molecule has 120 valence electrons. The van der Waals surface area contributed by atoms with Gasteiger partial charge in [0.25, 0.3) is 0 Å². The number of hydrogen-bond donors (Lipinski definition) is 0. The van der Waals surface area contributed by atoms with E-state index in [1.54, 1.807) is 49.6 Å². The zero-order chi connectivity index (χ0) is 16.9. The van der Waals surface area contributed by atoms with Gasteiger partial charge in [-0.15, -0.1) is 0 Å². The van der Waals surface area contributed by atoms with Crippen molar-refractivity contribution >= 4 is 11.9 Å². The van der Waals surface area contributed by atoms with E-state index >= 15 is 0 Å². The first-order valence-corrected chi connectivity index (χ1v) is 7.41. The molecule has 1 aliphatic heterocycles. The Labute approximate surface area is 139 Å². The van der Waals surface area contributed by atoms with Crippen LogP contribution < -0.4 is 14.2 Å². The predicted molar refractivity (Wildman–Crippen MR) is 88.5 cm³/mol. The fraction of sp³-hybridized carbons (Fsp3) is 0.158. The van der Waals surface area contributed by atoms with Gasteiger partial charge in [-0.25, -0.2) is 0 Å². The van der Waals surface area contributed by atoms with E-state index in [-0.39, 0.29) is 5.78 Å². The van der Waals surface area contributed by atoms with E-state index in [2.05, 4.69) is 0 Å². The zero-order valence-corrected chi connectivity index (χ0v) is 13.1. The maximum absolute atomic E-state index is 12.2. The lowest BCUT2D eigenvalue weighted by atomic mass is 10.1. The molecular weight excluding hydrogens is 306 g/mol. The molecule has 0 saturated heterocycles. The van der Waals surface area contributed by atoms with Gasteiger partial charge >= 0.3 is 0 Å². The second-order valence-electron chi connectivity index (χ2n) is 5.13. The van der Waals surface area contributed by atoms with Crippen molar-refractivity contribution in [3.05, 3.63) is 59.2 Å². The average molecular weight is 321 g/mol. The van der Waals surface area contributed by atoms with Crippen molar-refractivity contribution < 1.29 is 19.0 Å². The molecule has 1 heterocycles. The minimum atomic E-state index is -0.145. The summed E-state index contributed by atoms with van der Waals surface area (Å²) < 4.78 is 16.4. The first-order valence-electron chi connectivity index (χ1n) is 7.41. The van der Waals surface area contributed by atoms with E-state index in [9.17, 15) is 4.79 Å². The lowest BCUT2D eigenvalue weighted by Gasteiger charge is -2.20. The van der Waals surface area contributed by atoms with Gasteiger partial charge in [0, 0.05) is 5.56 Å². The molecule has 0 N–H and O–H groups in total. The number of nitrogens with zero attached hydrogens (tertiary/aromatic N) is 1. The highest BCUT2D eigenvalue weighted by atomic mass is 16.6. The van der Waals surface area contributed by atoms with Gasteiger partial charge in [0.2, 0.25) is 5.75 Å². The third kappa shape index (κ3) is 3.23. The summed E-state index contributed by atoms with van der Waals surface area (Å²) in [6.45, 7) is 0.962. The standard InChI is InChI=1S/C19H15NO4/c1-22-17-10-14(11-18-19(17)24-9-8-23-18)4-7-16(21)15-5-2-13(12-20)3-6-15/h2-7,10-11H,8-9H2,1H3/b7-4+. The molecule has 0 aromatic heterocycles. The first kappa shape index (κ1) is 15.6. The number of hydrogen-bond acceptors (Lipinski definition) is 5. The van der Waals surface area contributed by atoms with Crippen LogP contribution >= 0.6 is 0 Å². The minimum Gasteiger partial charge on any atom is -0.493 e. The average Bonchev–Trinajstić information content (AvgIpc) is 2.65.